The fourth-order valence-corrected chi connectivity index (χ4v) is 2.42. The van der Waals surface area contributed by atoms with Gasteiger partial charge in [-0.25, -0.2) is 4.98 Å². The highest BCUT2D eigenvalue weighted by molar-refractivity contribution is 7.11. The zero-order valence-electron chi connectivity index (χ0n) is 10.8. The molecule has 0 saturated heterocycles. The second kappa shape index (κ2) is 6.52. The number of hydrogen-bond donors (Lipinski definition) is 1. The molecule has 0 fully saturated rings. The molecule has 18 heavy (non-hydrogen) atoms. The number of nitrogens with zero attached hydrogens (tertiary/aromatic N) is 1. The molecule has 4 heteroatoms. The number of nitrogens with one attached hydrogen (secondary N) is 1. The molecule has 0 aliphatic carbocycles. The van der Waals surface area contributed by atoms with Crippen LogP contribution >= 0.6 is 11.3 Å². The third-order valence-electron chi connectivity index (χ3n) is 2.51. The minimum absolute atomic E-state index is 0.709. The standard InChI is InChI=1S/C14H18N2OS/c1-3-17-13-6-4-12(5-7-13)9-15-10-14-16-8-11(2)18-14/h4-8,15H,3,9-10H2,1-2H3. The van der Waals surface area contributed by atoms with Gasteiger partial charge in [-0.2, -0.15) is 0 Å². The number of thiazole rings is 1. The minimum Gasteiger partial charge on any atom is -0.494 e. The Kier molecular flexibility index (Phi) is 4.73. The van der Waals surface area contributed by atoms with Crippen molar-refractivity contribution in [2.45, 2.75) is 26.9 Å². The number of hydrogen-bond acceptors (Lipinski definition) is 4. The summed E-state index contributed by atoms with van der Waals surface area (Å²) >= 11 is 1.74. The summed E-state index contributed by atoms with van der Waals surface area (Å²) in [4.78, 5) is 5.58. The summed E-state index contributed by atoms with van der Waals surface area (Å²) in [5.74, 6) is 0.928. The molecule has 3 nitrogen and oxygen atoms in total. The highest BCUT2D eigenvalue weighted by Crippen LogP contribution is 2.13. The maximum absolute atomic E-state index is 5.41. The van der Waals surface area contributed by atoms with Crippen LogP contribution in [0, 0.1) is 6.92 Å². The number of aromatic nitrogens is 1. The Balaban J connectivity index is 1.79. The lowest BCUT2D eigenvalue weighted by molar-refractivity contribution is 0.340. The smallest absolute Gasteiger partial charge is 0.119 e. The highest BCUT2D eigenvalue weighted by atomic mass is 32.1. The Morgan fingerprint density at radius 2 is 2.00 bits per heavy atom. The molecule has 1 aromatic carbocycles. The number of benzene rings is 1. The van der Waals surface area contributed by atoms with Crippen molar-refractivity contribution < 1.29 is 4.74 Å². The van der Waals surface area contributed by atoms with Crippen molar-refractivity contribution in [3.63, 3.8) is 0 Å². The Bertz CT molecular complexity index is 479. The highest BCUT2D eigenvalue weighted by Gasteiger charge is 1.99. The molecule has 0 radical (unpaired) electrons. The molecule has 1 aromatic heterocycles. The van der Waals surface area contributed by atoms with E-state index in [9.17, 15) is 0 Å². The summed E-state index contributed by atoms with van der Waals surface area (Å²) in [6.07, 6.45) is 1.92. The Hall–Kier alpha value is -1.39. The molecule has 2 rings (SSSR count). The normalized spacial score (nSPS) is 10.6. The fraction of sp³-hybridized carbons (Fsp3) is 0.357. The van der Waals surface area contributed by atoms with E-state index < -0.39 is 0 Å². The van der Waals surface area contributed by atoms with Gasteiger partial charge in [0.05, 0.1) is 6.61 Å². The van der Waals surface area contributed by atoms with Crippen LogP contribution in [0.3, 0.4) is 0 Å². The van der Waals surface area contributed by atoms with Gasteiger partial charge in [0.1, 0.15) is 10.8 Å². The van der Waals surface area contributed by atoms with Crippen LogP contribution in [0.15, 0.2) is 30.5 Å². The average molecular weight is 262 g/mol. The summed E-state index contributed by atoms with van der Waals surface area (Å²) in [6.45, 7) is 6.46. The predicted molar refractivity (Wildman–Crippen MR) is 75.0 cm³/mol. The van der Waals surface area contributed by atoms with E-state index in [1.165, 1.54) is 10.4 Å². The Morgan fingerprint density at radius 1 is 1.22 bits per heavy atom. The van der Waals surface area contributed by atoms with E-state index in [4.69, 9.17) is 4.74 Å². The first kappa shape index (κ1) is 13.1. The summed E-state index contributed by atoms with van der Waals surface area (Å²) < 4.78 is 5.41. The molecule has 0 unspecified atom stereocenters. The van der Waals surface area contributed by atoms with Gasteiger partial charge in [-0.15, -0.1) is 11.3 Å². The Morgan fingerprint density at radius 3 is 2.61 bits per heavy atom. The van der Waals surface area contributed by atoms with E-state index in [-0.39, 0.29) is 0 Å². The average Bonchev–Trinajstić information content (AvgIpc) is 2.78. The molecule has 0 spiro atoms. The fourth-order valence-electron chi connectivity index (χ4n) is 1.67. The van der Waals surface area contributed by atoms with Gasteiger partial charge < -0.3 is 10.1 Å². The molecule has 0 aliphatic rings. The van der Waals surface area contributed by atoms with E-state index in [1.807, 2.05) is 25.3 Å². The summed E-state index contributed by atoms with van der Waals surface area (Å²) in [7, 11) is 0. The van der Waals surface area contributed by atoms with E-state index in [1.54, 1.807) is 11.3 Å². The van der Waals surface area contributed by atoms with E-state index in [0.717, 1.165) is 23.8 Å². The van der Waals surface area contributed by atoms with E-state index >= 15 is 0 Å². The van der Waals surface area contributed by atoms with Crippen LogP contribution in [-0.4, -0.2) is 11.6 Å². The van der Waals surface area contributed by atoms with Gasteiger partial charge in [-0.3, -0.25) is 0 Å². The monoisotopic (exact) mass is 262 g/mol. The molecule has 0 saturated carbocycles. The maximum Gasteiger partial charge on any atom is 0.119 e. The van der Waals surface area contributed by atoms with E-state index in [2.05, 4.69) is 29.4 Å². The molecule has 0 aliphatic heterocycles. The van der Waals surface area contributed by atoms with Crippen molar-refractivity contribution in [1.82, 2.24) is 10.3 Å². The van der Waals surface area contributed by atoms with Gasteiger partial charge in [0.2, 0.25) is 0 Å². The number of rotatable bonds is 6. The lowest BCUT2D eigenvalue weighted by Gasteiger charge is -2.05. The molecular weight excluding hydrogens is 244 g/mol. The lowest BCUT2D eigenvalue weighted by Crippen LogP contribution is -2.12. The second-order valence-corrected chi connectivity index (χ2v) is 5.36. The van der Waals surface area contributed by atoms with Crippen LogP contribution in [0.1, 0.15) is 22.4 Å². The SMILES string of the molecule is CCOc1ccc(CNCc2ncc(C)s2)cc1. The topological polar surface area (TPSA) is 34.1 Å². The van der Waals surface area contributed by atoms with Gasteiger partial charge in [0.15, 0.2) is 0 Å². The lowest BCUT2D eigenvalue weighted by atomic mass is 10.2. The van der Waals surface area contributed by atoms with Crippen molar-refractivity contribution in [3.05, 3.63) is 45.9 Å². The van der Waals surface area contributed by atoms with Gasteiger partial charge in [0, 0.05) is 24.2 Å². The molecule has 2 aromatic rings. The minimum atomic E-state index is 0.709. The van der Waals surface area contributed by atoms with Gasteiger partial charge in [0.25, 0.3) is 0 Å². The number of aryl methyl sites for hydroxylation is 1. The van der Waals surface area contributed by atoms with Crippen LogP contribution in [0.4, 0.5) is 0 Å². The van der Waals surface area contributed by atoms with Crippen molar-refractivity contribution in [2.24, 2.45) is 0 Å². The van der Waals surface area contributed by atoms with Crippen LogP contribution < -0.4 is 10.1 Å². The number of ether oxygens (including phenoxy) is 1. The second-order valence-electron chi connectivity index (χ2n) is 4.05. The van der Waals surface area contributed by atoms with Crippen LogP contribution in [0.5, 0.6) is 5.75 Å². The van der Waals surface area contributed by atoms with Crippen molar-refractivity contribution >= 4 is 11.3 Å². The first-order chi connectivity index (χ1) is 8.78. The van der Waals surface area contributed by atoms with Crippen LogP contribution in [0.2, 0.25) is 0 Å². The molecule has 0 atom stereocenters. The summed E-state index contributed by atoms with van der Waals surface area (Å²) in [5.41, 5.74) is 1.26. The molecular formula is C14H18N2OS. The third-order valence-corrected chi connectivity index (χ3v) is 3.42. The van der Waals surface area contributed by atoms with Gasteiger partial charge in [-0.05, 0) is 31.5 Å². The van der Waals surface area contributed by atoms with Crippen molar-refractivity contribution in [2.75, 3.05) is 6.61 Å². The molecule has 0 bridgehead atoms. The van der Waals surface area contributed by atoms with Crippen LogP contribution in [-0.2, 0) is 13.1 Å². The summed E-state index contributed by atoms with van der Waals surface area (Å²) in [6, 6.07) is 8.19. The van der Waals surface area contributed by atoms with E-state index in [0.29, 0.717) is 6.61 Å². The zero-order chi connectivity index (χ0) is 12.8. The first-order valence-corrected chi connectivity index (χ1v) is 6.93. The quantitative estimate of drug-likeness (QED) is 0.868. The molecule has 96 valence electrons. The van der Waals surface area contributed by atoms with Crippen LogP contribution in [0.25, 0.3) is 0 Å². The van der Waals surface area contributed by atoms with Crippen molar-refractivity contribution in [1.29, 1.82) is 0 Å². The molecule has 0 amide bonds. The molecule has 1 N–H and O–H groups in total. The first-order valence-electron chi connectivity index (χ1n) is 6.11. The largest absolute Gasteiger partial charge is 0.494 e. The maximum atomic E-state index is 5.41. The molecule has 1 heterocycles. The zero-order valence-corrected chi connectivity index (χ0v) is 11.6. The van der Waals surface area contributed by atoms with Crippen molar-refractivity contribution in [3.8, 4) is 5.75 Å². The van der Waals surface area contributed by atoms with Gasteiger partial charge >= 0.3 is 0 Å². The van der Waals surface area contributed by atoms with Gasteiger partial charge in [-0.1, -0.05) is 12.1 Å². The Labute approximate surface area is 112 Å². The predicted octanol–water partition coefficient (Wildman–Crippen LogP) is 3.14. The third kappa shape index (κ3) is 3.82. The summed E-state index contributed by atoms with van der Waals surface area (Å²) in [5, 5.41) is 4.53.